The van der Waals surface area contributed by atoms with Crippen LogP contribution in [-0.4, -0.2) is 98.7 Å². The van der Waals surface area contributed by atoms with Crippen molar-refractivity contribution in [3.8, 4) is 0 Å². The SMILES string of the molecule is C1CCOC1.C1CCOC1.CC(C)(C)[N-]B([N-]C(C)(C)C)c1ccccc1.CC(C)(C)[N-]B([N-]C(C)(C)C)c1ccccc1.CC(C)(C)[N-]B([N-]C(C)(C)C)c1ccccc1.CC(C)(C)[N-]B([N-]C(C)(C)C)c1ccccc1.CCCCCC.[Zr+4].[Zr+4]. The van der Waals surface area contributed by atoms with Gasteiger partial charge in [0.1, 0.15) is 0 Å². The van der Waals surface area contributed by atoms with Gasteiger partial charge in [0.15, 0.2) is 0 Å². The first kappa shape index (κ1) is 88.7. The maximum Gasteiger partial charge on any atom is 4.00 e. The smallest absolute Gasteiger partial charge is 0.695 e. The van der Waals surface area contributed by atoms with Crippen molar-refractivity contribution in [2.24, 2.45) is 0 Å². The largest absolute Gasteiger partial charge is 4.00 e. The van der Waals surface area contributed by atoms with Crippen LogP contribution < -0.4 is 21.9 Å². The Hall–Kier alpha value is -1.49. The van der Waals surface area contributed by atoms with Gasteiger partial charge in [0.05, 0.1) is 0 Å². The average molecular weight is 1330 g/mol. The van der Waals surface area contributed by atoms with E-state index in [4.69, 9.17) is 51.3 Å². The van der Waals surface area contributed by atoms with E-state index < -0.39 is 0 Å². The Morgan fingerprint density at radius 2 is 0.407 bits per heavy atom. The fourth-order valence-electron chi connectivity index (χ4n) is 7.67. The third-order valence-electron chi connectivity index (χ3n) is 11.1. The summed E-state index contributed by atoms with van der Waals surface area (Å²) in [6.45, 7) is 58.9. The third kappa shape index (κ3) is 55.4. The molecule has 0 spiro atoms. The van der Waals surface area contributed by atoms with Crippen LogP contribution in [0.2, 0.25) is 0 Å². The third-order valence-corrected chi connectivity index (χ3v) is 11.1. The van der Waals surface area contributed by atoms with Gasteiger partial charge in [0.2, 0.25) is 0 Å². The number of hydrogen-bond acceptors (Lipinski definition) is 2. The topological polar surface area (TPSA) is 131 Å². The van der Waals surface area contributed by atoms with Crippen molar-refractivity contribution in [3.05, 3.63) is 163 Å². The maximum atomic E-state index is 4.94. The molecule has 2 aliphatic rings. The molecule has 2 fully saturated rings. The number of ether oxygens (including phenoxy) is 2. The molecule has 0 bridgehead atoms. The molecule has 2 heterocycles. The molecule has 2 saturated heterocycles. The molecule has 0 amide bonds. The zero-order chi connectivity index (χ0) is 64.3. The minimum absolute atomic E-state index is 0. The monoisotopic (exact) mass is 1330 g/mol. The van der Waals surface area contributed by atoms with Crippen LogP contribution in [-0.2, 0) is 61.9 Å². The Kier molecular flexibility index (Phi) is 46.3. The van der Waals surface area contributed by atoms with Crippen LogP contribution in [0.25, 0.3) is 41.8 Å². The molecule has 0 aliphatic carbocycles. The van der Waals surface area contributed by atoms with E-state index in [1.807, 2.05) is 72.8 Å². The molecule has 0 radical (unpaired) electrons. The van der Waals surface area contributed by atoms with Crippen LogP contribution >= 0.6 is 0 Å². The number of rotatable bonds is 15. The van der Waals surface area contributed by atoms with Crippen LogP contribution in [0.15, 0.2) is 121 Å². The van der Waals surface area contributed by atoms with Gasteiger partial charge in [-0.2, -0.15) is 0 Å². The zero-order valence-corrected chi connectivity index (χ0v) is 64.7. The molecular formula is C70H122B4N8O2Zr2. The van der Waals surface area contributed by atoms with Crippen molar-refractivity contribution >= 4 is 49.8 Å². The van der Waals surface area contributed by atoms with E-state index >= 15 is 0 Å². The summed E-state index contributed by atoms with van der Waals surface area (Å²) in [5.74, 6) is 0. The summed E-state index contributed by atoms with van der Waals surface area (Å²) in [5.41, 5.74) is 4.06. The molecular weight excluding hydrogens is 1210 g/mol. The second-order valence-corrected chi connectivity index (χ2v) is 29.9. The first-order valence-electron chi connectivity index (χ1n) is 31.7. The molecule has 0 atom stereocenters. The standard InChI is InChI=1S/4C14H23BN2.C6H14.2C4H8O.2Zr/c4*1-13(2,3)16-15(17-14(4,5)6)12-10-8-7-9-11-12;1-3-5-6-4-2;2*1-2-4-5-3-1;;/h4*7-11H,1-6H3;3-6H2,1-2H3;2*1-4H2;;/q4*-2;;;;2*+4. The Balaban J connectivity index is -0.000000972. The number of benzene rings is 4. The summed E-state index contributed by atoms with van der Waals surface area (Å²) >= 11 is 0. The Bertz CT molecular complexity index is 1800. The van der Waals surface area contributed by atoms with Gasteiger partial charge in [-0.3, -0.25) is 0 Å². The van der Waals surface area contributed by atoms with Gasteiger partial charge in [-0.15, -0.1) is 66.2 Å². The fourth-order valence-corrected chi connectivity index (χ4v) is 7.67. The van der Waals surface area contributed by atoms with Gasteiger partial charge in [-0.05, 0) is 25.7 Å². The summed E-state index contributed by atoms with van der Waals surface area (Å²) in [6, 6.07) is 41.2. The second kappa shape index (κ2) is 44.9. The van der Waals surface area contributed by atoms with Crippen molar-refractivity contribution in [3.63, 3.8) is 0 Å². The minimum Gasteiger partial charge on any atom is -0.695 e. The van der Waals surface area contributed by atoms with E-state index in [1.165, 1.54) is 51.4 Å². The van der Waals surface area contributed by atoms with Crippen molar-refractivity contribution < 1.29 is 61.9 Å². The Morgan fingerprint density at radius 3 is 0.500 bits per heavy atom. The molecule has 4 aromatic carbocycles. The second-order valence-electron chi connectivity index (χ2n) is 29.9. The summed E-state index contributed by atoms with van der Waals surface area (Å²) in [5, 5.41) is 38.4. The van der Waals surface area contributed by atoms with E-state index in [9.17, 15) is 0 Å². The molecule has 0 saturated carbocycles. The Labute approximate surface area is 572 Å². The summed E-state index contributed by atoms with van der Waals surface area (Å²) in [6.07, 6.45) is 10.6. The number of hydrogen-bond donors (Lipinski definition) is 0. The van der Waals surface area contributed by atoms with Gasteiger partial charge in [0.25, 0.3) is 0 Å². The van der Waals surface area contributed by atoms with Crippen LogP contribution in [0.3, 0.4) is 0 Å². The van der Waals surface area contributed by atoms with E-state index in [0.717, 1.165) is 48.3 Å². The van der Waals surface area contributed by atoms with Crippen molar-refractivity contribution in [1.82, 2.24) is 0 Å². The van der Waals surface area contributed by atoms with Gasteiger partial charge in [0, 0.05) is 26.4 Å². The summed E-state index contributed by atoms with van der Waals surface area (Å²) < 4.78 is 9.89. The van der Waals surface area contributed by atoms with Gasteiger partial charge in [-0.25, -0.2) is 0 Å². The predicted octanol–water partition coefficient (Wildman–Crippen LogP) is 19.1. The molecule has 10 nitrogen and oxygen atoms in total. The van der Waals surface area contributed by atoms with Crippen LogP contribution in [0.5, 0.6) is 0 Å². The fraction of sp³-hybridized carbons (Fsp3) is 0.657. The summed E-state index contributed by atoms with van der Waals surface area (Å²) in [7, 11) is 0. The van der Waals surface area contributed by atoms with Gasteiger partial charge in [-0.1, -0.05) is 355 Å². The van der Waals surface area contributed by atoms with Crippen molar-refractivity contribution in [1.29, 1.82) is 0 Å². The molecule has 0 aromatic heterocycles. The molecule has 16 heteroatoms. The first-order valence-corrected chi connectivity index (χ1v) is 31.7. The molecule has 0 N–H and O–H groups in total. The first-order chi connectivity index (χ1) is 38.6. The van der Waals surface area contributed by atoms with Crippen LogP contribution in [0.1, 0.15) is 231 Å². The van der Waals surface area contributed by atoms with E-state index in [1.54, 1.807) is 0 Å². The normalized spacial score (nSPS) is 13.4. The number of unbranched alkanes of at least 4 members (excludes halogenated alkanes) is 3. The molecule has 4 aromatic rings. The van der Waals surface area contributed by atoms with E-state index in [2.05, 4.69) is 229 Å². The zero-order valence-electron chi connectivity index (χ0n) is 59.7. The van der Waals surface area contributed by atoms with Crippen molar-refractivity contribution in [2.75, 3.05) is 26.4 Å². The van der Waals surface area contributed by atoms with Gasteiger partial charge < -0.3 is 51.3 Å². The average Bonchev–Trinajstić information content (AvgIpc) is 4.16. The van der Waals surface area contributed by atoms with Crippen LogP contribution in [0.4, 0.5) is 0 Å². The molecule has 474 valence electrons. The van der Waals surface area contributed by atoms with E-state index in [-0.39, 0.29) is 125 Å². The quantitative estimate of drug-likeness (QED) is 0.0867. The molecule has 6 rings (SSSR count). The molecule has 2 aliphatic heterocycles. The molecule has 0 unspecified atom stereocenters. The minimum atomic E-state index is -0.0741. The Morgan fingerprint density at radius 1 is 0.267 bits per heavy atom. The summed E-state index contributed by atoms with van der Waals surface area (Å²) in [4.78, 5) is 0. The van der Waals surface area contributed by atoms with Gasteiger partial charge >= 0.3 is 52.4 Å². The maximum absolute atomic E-state index is 4.94. The number of nitrogens with zero attached hydrogens (tertiary/aromatic N) is 8. The van der Waals surface area contributed by atoms with Crippen LogP contribution in [0, 0.1) is 0 Å². The molecule has 86 heavy (non-hydrogen) atoms. The van der Waals surface area contributed by atoms with Crippen molar-refractivity contribution in [2.45, 2.75) is 276 Å². The van der Waals surface area contributed by atoms with E-state index in [0.29, 0.717) is 0 Å². The predicted molar refractivity (Wildman–Crippen MR) is 382 cm³/mol.